The second kappa shape index (κ2) is 10.8. The Hall–Kier alpha value is -1.71. The minimum absolute atomic E-state index is 0.154. The van der Waals surface area contributed by atoms with Gasteiger partial charge in [-0.2, -0.15) is 0 Å². The van der Waals surface area contributed by atoms with Crippen LogP contribution in [0.2, 0.25) is 10.2 Å². The topological polar surface area (TPSA) is 66.4 Å². The highest BCUT2D eigenvalue weighted by atomic mass is 35.5. The first-order valence-corrected chi connectivity index (χ1v) is 16.0. The first-order valence-electron chi connectivity index (χ1n) is 12.6. The van der Waals surface area contributed by atoms with Crippen molar-refractivity contribution in [1.82, 2.24) is 9.71 Å². The quantitative estimate of drug-likeness (QED) is 0.238. The predicted octanol–water partition coefficient (Wildman–Crippen LogP) is 5.09. The molecular formula is C29H37ClN2O3SSi. The maximum absolute atomic E-state index is 13.1. The molecule has 1 aromatic heterocycles. The summed E-state index contributed by atoms with van der Waals surface area (Å²) in [5.41, 5.74) is 0.966. The van der Waals surface area contributed by atoms with Crippen LogP contribution in [0.4, 0.5) is 0 Å². The first kappa shape index (κ1) is 28.3. The molecule has 1 atom stereocenters. The lowest BCUT2D eigenvalue weighted by atomic mass is 9.90. The van der Waals surface area contributed by atoms with Crippen LogP contribution in [0.5, 0.6) is 0 Å². The van der Waals surface area contributed by atoms with Crippen molar-refractivity contribution in [1.29, 1.82) is 0 Å². The third kappa shape index (κ3) is 5.69. The molecule has 4 rings (SSSR count). The fourth-order valence-electron chi connectivity index (χ4n) is 4.82. The number of rotatable bonds is 8. The zero-order valence-electron chi connectivity index (χ0n) is 22.5. The highest BCUT2D eigenvalue weighted by molar-refractivity contribution is 7.90. The standard InChI is InChI=1S/C29H37ClN2O3SSi/c1-27(2,3)36(33)32-29(20-34-21-29)26-22(17-18-25(30)31-26)19-35-37(28(4,5)6,23-13-9-7-10-14-23)24-15-11-8-12-16-24/h7-18,32H,19-21H2,1-6H3. The SMILES string of the molecule is CC(C)(C)[S+]([O-])NC1(c2nc(Cl)ccc2CO[Si](c2ccccc2)(c2ccccc2)C(C)(C)C)COC1. The van der Waals surface area contributed by atoms with E-state index in [9.17, 15) is 4.55 Å². The van der Waals surface area contributed by atoms with Crippen molar-refractivity contribution in [3.63, 3.8) is 0 Å². The summed E-state index contributed by atoms with van der Waals surface area (Å²) in [5.74, 6) is 0. The molecule has 0 saturated carbocycles. The molecule has 0 aliphatic carbocycles. The van der Waals surface area contributed by atoms with Gasteiger partial charge in [-0.25, -0.2) is 4.98 Å². The van der Waals surface area contributed by atoms with Crippen LogP contribution >= 0.6 is 11.6 Å². The summed E-state index contributed by atoms with van der Waals surface area (Å²) in [6, 6.07) is 24.9. The molecule has 1 saturated heterocycles. The fraction of sp³-hybridized carbons (Fsp3) is 0.414. The number of nitrogens with zero attached hydrogens (tertiary/aromatic N) is 1. The van der Waals surface area contributed by atoms with E-state index in [0.29, 0.717) is 25.0 Å². The molecule has 1 unspecified atom stereocenters. The number of benzene rings is 2. The van der Waals surface area contributed by atoms with Crippen LogP contribution < -0.4 is 15.1 Å². The third-order valence-corrected chi connectivity index (χ3v) is 13.7. The molecule has 198 valence electrons. The van der Waals surface area contributed by atoms with E-state index in [4.69, 9.17) is 25.7 Å². The van der Waals surface area contributed by atoms with Gasteiger partial charge in [-0.15, -0.1) is 4.72 Å². The van der Waals surface area contributed by atoms with E-state index in [1.54, 1.807) is 6.07 Å². The van der Waals surface area contributed by atoms with Crippen molar-refractivity contribution in [3.8, 4) is 0 Å². The van der Waals surface area contributed by atoms with Crippen molar-refractivity contribution in [2.24, 2.45) is 0 Å². The van der Waals surface area contributed by atoms with E-state index >= 15 is 0 Å². The van der Waals surface area contributed by atoms with Crippen LogP contribution in [0.3, 0.4) is 0 Å². The Kier molecular flexibility index (Phi) is 8.27. The van der Waals surface area contributed by atoms with Gasteiger partial charge in [0.1, 0.15) is 9.90 Å². The van der Waals surface area contributed by atoms with Crippen molar-refractivity contribution < 1.29 is 13.7 Å². The van der Waals surface area contributed by atoms with Crippen molar-refractivity contribution in [2.75, 3.05) is 13.2 Å². The molecule has 3 aromatic rings. The predicted molar refractivity (Wildman–Crippen MR) is 155 cm³/mol. The Morgan fingerprint density at radius 1 is 0.946 bits per heavy atom. The summed E-state index contributed by atoms with van der Waals surface area (Å²) < 4.78 is 28.8. The van der Waals surface area contributed by atoms with E-state index in [1.807, 2.05) is 39.0 Å². The lowest BCUT2D eigenvalue weighted by molar-refractivity contribution is -0.0695. The zero-order chi connectivity index (χ0) is 26.9. The molecule has 1 aliphatic rings. The van der Waals surface area contributed by atoms with Crippen LogP contribution in [0.15, 0.2) is 72.8 Å². The van der Waals surface area contributed by atoms with E-state index in [2.05, 4.69) is 74.0 Å². The average Bonchev–Trinajstić information content (AvgIpc) is 2.82. The van der Waals surface area contributed by atoms with Crippen molar-refractivity contribution in [2.45, 2.75) is 63.5 Å². The van der Waals surface area contributed by atoms with E-state index in [0.717, 1.165) is 11.3 Å². The third-order valence-electron chi connectivity index (χ3n) is 6.80. The molecule has 2 heterocycles. The molecule has 0 amide bonds. The minimum Gasteiger partial charge on any atom is -0.598 e. The van der Waals surface area contributed by atoms with Gasteiger partial charge in [-0.1, -0.05) is 99.1 Å². The Morgan fingerprint density at radius 2 is 1.49 bits per heavy atom. The van der Waals surface area contributed by atoms with Gasteiger partial charge >= 0.3 is 0 Å². The van der Waals surface area contributed by atoms with Gasteiger partial charge in [0.2, 0.25) is 0 Å². The van der Waals surface area contributed by atoms with Crippen molar-refractivity contribution >= 4 is 41.7 Å². The number of hydrogen-bond donors (Lipinski definition) is 1. The molecule has 0 bridgehead atoms. The summed E-state index contributed by atoms with van der Waals surface area (Å²) in [4.78, 5) is 4.73. The normalized spacial score (nSPS) is 16.8. The summed E-state index contributed by atoms with van der Waals surface area (Å²) in [6.45, 7) is 13.7. The molecule has 0 spiro atoms. The highest BCUT2D eigenvalue weighted by Gasteiger charge is 2.52. The minimum atomic E-state index is -2.75. The largest absolute Gasteiger partial charge is 0.598 e. The molecule has 1 fully saturated rings. The van der Waals surface area contributed by atoms with E-state index in [-0.39, 0.29) is 5.04 Å². The molecule has 1 aliphatic heterocycles. The van der Waals surface area contributed by atoms with Gasteiger partial charge < -0.3 is 13.7 Å². The molecule has 8 heteroatoms. The number of ether oxygens (including phenoxy) is 1. The van der Waals surface area contributed by atoms with Crippen LogP contribution in [-0.4, -0.2) is 35.8 Å². The molecule has 5 nitrogen and oxygen atoms in total. The Labute approximate surface area is 230 Å². The van der Waals surface area contributed by atoms with Gasteiger partial charge in [0, 0.05) is 16.9 Å². The molecule has 2 aromatic carbocycles. The monoisotopic (exact) mass is 556 g/mol. The van der Waals surface area contributed by atoms with Crippen LogP contribution in [0, 0.1) is 0 Å². The van der Waals surface area contributed by atoms with Gasteiger partial charge in [0.15, 0.2) is 5.54 Å². The van der Waals surface area contributed by atoms with Crippen LogP contribution in [0.1, 0.15) is 52.8 Å². The smallest absolute Gasteiger partial charge is 0.261 e. The number of nitrogens with one attached hydrogen (secondary N) is 1. The molecule has 0 radical (unpaired) electrons. The van der Waals surface area contributed by atoms with E-state index < -0.39 is 30.0 Å². The van der Waals surface area contributed by atoms with Gasteiger partial charge in [-0.3, -0.25) is 0 Å². The fourth-order valence-corrected chi connectivity index (χ4v) is 10.4. The lowest BCUT2D eigenvalue weighted by Crippen LogP contribution is -2.66. The van der Waals surface area contributed by atoms with Crippen molar-refractivity contribution in [3.05, 3.63) is 89.2 Å². The summed E-state index contributed by atoms with van der Waals surface area (Å²) in [5, 5.41) is 2.66. The molecular weight excluding hydrogens is 520 g/mol. The summed E-state index contributed by atoms with van der Waals surface area (Å²) in [7, 11) is -2.75. The number of aromatic nitrogens is 1. The van der Waals surface area contributed by atoms with Gasteiger partial charge in [0.05, 0.1) is 25.5 Å². The first-order chi connectivity index (χ1) is 17.4. The number of hydrogen-bond acceptors (Lipinski definition) is 5. The van der Waals surface area contributed by atoms with Crippen LogP contribution in [-0.2, 0) is 32.7 Å². The molecule has 37 heavy (non-hydrogen) atoms. The Morgan fingerprint density at radius 3 is 1.92 bits per heavy atom. The second-order valence-corrected chi connectivity index (χ2v) is 18.3. The van der Waals surface area contributed by atoms with Gasteiger partial charge in [0.25, 0.3) is 8.32 Å². The van der Waals surface area contributed by atoms with Gasteiger partial charge in [-0.05, 0) is 42.2 Å². The second-order valence-electron chi connectivity index (χ2n) is 11.7. The van der Waals surface area contributed by atoms with Crippen LogP contribution in [0.25, 0.3) is 0 Å². The summed E-state index contributed by atoms with van der Waals surface area (Å²) in [6.07, 6.45) is 0. The lowest BCUT2D eigenvalue weighted by Gasteiger charge is -2.45. The average molecular weight is 557 g/mol. The highest BCUT2D eigenvalue weighted by Crippen LogP contribution is 2.39. The number of pyridine rings is 1. The number of halogens is 1. The Balaban J connectivity index is 1.78. The zero-order valence-corrected chi connectivity index (χ0v) is 25.1. The maximum atomic E-state index is 13.1. The Bertz CT molecular complexity index is 1160. The van der Waals surface area contributed by atoms with E-state index in [1.165, 1.54) is 10.4 Å². The molecule has 1 N–H and O–H groups in total. The maximum Gasteiger partial charge on any atom is 0.261 e. The summed E-state index contributed by atoms with van der Waals surface area (Å²) >= 11 is 5.09.